The van der Waals surface area contributed by atoms with E-state index in [9.17, 15) is 4.79 Å². The average molecular weight is 297 g/mol. The van der Waals surface area contributed by atoms with Crippen LogP contribution in [0.5, 0.6) is 0 Å². The van der Waals surface area contributed by atoms with Crippen molar-refractivity contribution in [3.63, 3.8) is 0 Å². The molecule has 1 unspecified atom stereocenters. The largest absolute Gasteiger partial charge is 0.352 e. The van der Waals surface area contributed by atoms with E-state index in [2.05, 4.69) is 42.7 Å². The van der Waals surface area contributed by atoms with Gasteiger partial charge in [-0.15, -0.1) is 12.4 Å². The Morgan fingerprint density at radius 1 is 1.35 bits per heavy atom. The molecule has 0 aliphatic carbocycles. The van der Waals surface area contributed by atoms with Gasteiger partial charge in [-0.2, -0.15) is 0 Å². The fourth-order valence-corrected chi connectivity index (χ4v) is 2.71. The van der Waals surface area contributed by atoms with E-state index in [0.717, 1.165) is 32.4 Å². The summed E-state index contributed by atoms with van der Waals surface area (Å²) in [4.78, 5) is 12.3. The fraction of sp³-hybridized carbons (Fsp3) is 0.562. The first-order valence-electron chi connectivity index (χ1n) is 7.21. The molecule has 0 aromatic heterocycles. The molecule has 3 nitrogen and oxygen atoms in total. The monoisotopic (exact) mass is 296 g/mol. The molecule has 0 saturated carbocycles. The second-order valence-corrected chi connectivity index (χ2v) is 5.65. The Balaban J connectivity index is 0.00000200. The van der Waals surface area contributed by atoms with Crippen LogP contribution in [0.25, 0.3) is 0 Å². The minimum atomic E-state index is -0.251. The molecule has 2 rings (SSSR count). The summed E-state index contributed by atoms with van der Waals surface area (Å²) in [6, 6.07) is 8.31. The Kier molecular flexibility index (Phi) is 6.50. The van der Waals surface area contributed by atoms with E-state index in [1.165, 1.54) is 11.1 Å². The van der Waals surface area contributed by atoms with Crippen molar-refractivity contribution in [3.8, 4) is 0 Å². The van der Waals surface area contributed by atoms with E-state index < -0.39 is 0 Å². The van der Waals surface area contributed by atoms with Gasteiger partial charge in [-0.05, 0) is 43.9 Å². The molecule has 1 fully saturated rings. The molecule has 1 heterocycles. The van der Waals surface area contributed by atoms with Crippen LogP contribution in [-0.4, -0.2) is 19.0 Å². The van der Waals surface area contributed by atoms with Crippen molar-refractivity contribution < 1.29 is 4.79 Å². The van der Waals surface area contributed by atoms with Crippen LogP contribution in [0.3, 0.4) is 0 Å². The van der Waals surface area contributed by atoms with Gasteiger partial charge >= 0.3 is 0 Å². The van der Waals surface area contributed by atoms with Crippen molar-refractivity contribution in [1.29, 1.82) is 0 Å². The van der Waals surface area contributed by atoms with Crippen molar-refractivity contribution in [1.82, 2.24) is 10.6 Å². The lowest BCUT2D eigenvalue weighted by atomic mass is 9.82. The molecule has 4 heteroatoms. The van der Waals surface area contributed by atoms with Crippen molar-refractivity contribution in [2.45, 2.75) is 39.7 Å². The molecule has 1 amide bonds. The topological polar surface area (TPSA) is 41.1 Å². The summed E-state index contributed by atoms with van der Waals surface area (Å²) in [5.41, 5.74) is 2.29. The van der Waals surface area contributed by atoms with Gasteiger partial charge in [0.25, 0.3) is 0 Å². The molecular formula is C16H25ClN2O. The van der Waals surface area contributed by atoms with Crippen LogP contribution < -0.4 is 10.6 Å². The third-order valence-electron chi connectivity index (χ3n) is 4.08. The zero-order valence-electron chi connectivity index (χ0n) is 12.4. The number of nitrogens with one attached hydrogen (secondary N) is 2. The lowest BCUT2D eigenvalue weighted by molar-refractivity contribution is -0.131. The molecule has 0 bridgehead atoms. The van der Waals surface area contributed by atoms with Crippen molar-refractivity contribution >= 4 is 18.3 Å². The molecule has 1 aromatic carbocycles. The number of carbonyl (C=O) groups excluding carboxylic acids is 1. The van der Waals surface area contributed by atoms with Crippen LogP contribution in [0, 0.1) is 5.41 Å². The van der Waals surface area contributed by atoms with Crippen LogP contribution in [0.2, 0.25) is 0 Å². The highest BCUT2D eigenvalue weighted by atomic mass is 35.5. The van der Waals surface area contributed by atoms with Gasteiger partial charge in [-0.25, -0.2) is 0 Å². The SMILES string of the molecule is CCc1ccccc1CNC(=O)C1(C)CCCNC1.Cl. The molecule has 0 radical (unpaired) electrons. The van der Waals surface area contributed by atoms with Gasteiger partial charge in [0, 0.05) is 13.1 Å². The van der Waals surface area contributed by atoms with E-state index in [1.54, 1.807) is 0 Å². The number of carbonyl (C=O) groups is 1. The highest BCUT2D eigenvalue weighted by Crippen LogP contribution is 2.25. The fourth-order valence-electron chi connectivity index (χ4n) is 2.71. The maximum atomic E-state index is 12.3. The molecular weight excluding hydrogens is 272 g/mol. The van der Waals surface area contributed by atoms with Gasteiger partial charge in [-0.1, -0.05) is 31.2 Å². The normalized spacial score (nSPS) is 21.9. The first kappa shape index (κ1) is 17.0. The maximum Gasteiger partial charge on any atom is 0.227 e. The molecule has 1 aromatic rings. The van der Waals surface area contributed by atoms with E-state index in [1.807, 2.05) is 6.07 Å². The van der Waals surface area contributed by atoms with Crippen LogP contribution in [0.4, 0.5) is 0 Å². The highest BCUT2D eigenvalue weighted by molar-refractivity contribution is 5.85. The van der Waals surface area contributed by atoms with Gasteiger partial charge < -0.3 is 10.6 Å². The number of aryl methyl sites for hydroxylation is 1. The second kappa shape index (κ2) is 7.65. The van der Waals surface area contributed by atoms with Crippen molar-refractivity contribution in [2.75, 3.05) is 13.1 Å². The standard InChI is InChI=1S/C16H24N2O.ClH/c1-3-13-7-4-5-8-14(13)11-18-15(19)16(2)9-6-10-17-12-16;/h4-5,7-8,17H,3,6,9-12H2,1-2H3,(H,18,19);1H. The quantitative estimate of drug-likeness (QED) is 0.897. The van der Waals surface area contributed by atoms with Gasteiger partial charge in [-0.3, -0.25) is 4.79 Å². The zero-order valence-corrected chi connectivity index (χ0v) is 13.2. The van der Waals surface area contributed by atoms with E-state index in [-0.39, 0.29) is 23.7 Å². The van der Waals surface area contributed by atoms with E-state index in [0.29, 0.717) is 6.54 Å². The number of amides is 1. The molecule has 20 heavy (non-hydrogen) atoms. The third-order valence-corrected chi connectivity index (χ3v) is 4.08. The number of benzene rings is 1. The molecule has 0 spiro atoms. The number of piperidine rings is 1. The van der Waals surface area contributed by atoms with Crippen LogP contribution in [0.1, 0.15) is 37.8 Å². The predicted octanol–water partition coefficient (Wildman–Crippen LogP) is 2.68. The number of hydrogen-bond acceptors (Lipinski definition) is 2. The second-order valence-electron chi connectivity index (χ2n) is 5.65. The first-order valence-corrected chi connectivity index (χ1v) is 7.21. The summed E-state index contributed by atoms with van der Waals surface area (Å²) in [6.45, 7) is 6.65. The average Bonchev–Trinajstić information content (AvgIpc) is 2.45. The van der Waals surface area contributed by atoms with Crippen molar-refractivity contribution in [3.05, 3.63) is 35.4 Å². The zero-order chi connectivity index (χ0) is 13.7. The van der Waals surface area contributed by atoms with Gasteiger partial charge in [0.1, 0.15) is 0 Å². The Bertz CT molecular complexity index is 442. The lowest BCUT2D eigenvalue weighted by Gasteiger charge is -2.32. The number of rotatable bonds is 4. The molecule has 1 atom stereocenters. The summed E-state index contributed by atoms with van der Waals surface area (Å²) in [6.07, 6.45) is 3.06. The summed E-state index contributed by atoms with van der Waals surface area (Å²) in [7, 11) is 0. The van der Waals surface area contributed by atoms with E-state index >= 15 is 0 Å². The number of halogens is 1. The Morgan fingerprint density at radius 2 is 2.05 bits per heavy atom. The van der Waals surface area contributed by atoms with Crippen LogP contribution in [-0.2, 0) is 17.8 Å². The van der Waals surface area contributed by atoms with Gasteiger partial charge in [0.15, 0.2) is 0 Å². The molecule has 1 aliphatic heterocycles. The minimum Gasteiger partial charge on any atom is -0.352 e. The summed E-state index contributed by atoms with van der Waals surface area (Å²) in [5, 5.41) is 6.42. The Labute approximate surface area is 127 Å². The van der Waals surface area contributed by atoms with E-state index in [4.69, 9.17) is 0 Å². The predicted molar refractivity (Wildman–Crippen MR) is 85.1 cm³/mol. The van der Waals surface area contributed by atoms with Crippen LogP contribution in [0.15, 0.2) is 24.3 Å². The lowest BCUT2D eigenvalue weighted by Crippen LogP contribution is -2.48. The summed E-state index contributed by atoms with van der Waals surface area (Å²) < 4.78 is 0. The maximum absolute atomic E-state index is 12.3. The Hall–Kier alpha value is -1.06. The van der Waals surface area contributed by atoms with Crippen LogP contribution >= 0.6 is 12.4 Å². The van der Waals surface area contributed by atoms with Crippen molar-refractivity contribution in [2.24, 2.45) is 5.41 Å². The molecule has 1 aliphatic rings. The highest BCUT2D eigenvalue weighted by Gasteiger charge is 2.34. The molecule has 112 valence electrons. The Morgan fingerprint density at radius 3 is 2.65 bits per heavy atom. The van der Waals surface area contributed by atoms with Gasteiger partial charge in [0.2, 0.25) is 5.91 Å². The number of hydrogen-bond donors (Lipinski definition) is 2. The molecule has 1 saturated heterocycles. The molecule has 2 N–H and O–H groups in total. The minimum absolute atomic E-state index is 0. The smallest absolute Gasteiger partial charge is 0.227 e. The summed E-state index contributed by atoms with van der Waals surface area (Å²) in [5.74, 6) is 0.172. The first-order chi connectivity index (χ1) is 9.15. The van der Waals surface area contributed by atoms with Gasteiger partial charge in [0.05, 0.1) is 5.41 Å². The third kappa shape index (κ3) is 3.97. The summed E-state index contributed by atoms with van der Waals surface area (Å²) >= 11 is 0.